The number of fused-ring (bicyclic) bond motifs is 3. The van der Waals surface area contributed by atoms with E-state index in [1.807, 2.05) is 48.5 Å². The summed E-state index contributed by atoms with van der Waals surface area (Å²) in [4.78, 5) is 24.0. The highest BCUT2D eigenvalue weighted by Gasteiger charge is 2.34. The summed E-state index contributed by atoms with van der Waals surface area (Å²) in [5.74, 6) is -1.51. The molecular formula is C22H26NO7P. The summed E-state index contributed by atoms with van der Waals surface area (Å²) in [6, 6.07) is 14.3. The third-order valence-electron chi connectivity index (χ3n) is 4.99. The Bertz CT molecular complexity index is 938. The number of ether oxygens (including phenoxy) is 1. The lowest BCUT2D eigenvalue weighted by atomic mass is 9.98. The van der Waals surface area contributed by atoms with Crippen LogP contribution in [0.2, 0.25) is 0 Å². The van der Waals surface area contributed by atoms with Crippen molar-refractivity contribution in [3.05, 3.63) is 59.7 Å². The number of hydrogen-bond donors (Lipinski definition) is 2. The lowest BCUT2D eigenvalue weighted by Crippen LogP contribution is -2.44. The number of nitrogens with one attached hydrogen (secondary N) is 1. The zero-order chi connectivity index (χ0) is 22.4. The zero-order valence-electron chi connectivity index (χ0n) is 17.4. The first-order valence-corrected chi connectivity index (χ1v) is 11.8. The van der Waals surface area contributed by atoms with Crippen molar-refractivity contribution >= 4 is 19.7 Å². The summed E-state index contributed by atoms with van der Waals surface area (Å²) in [5, 5.41) is 11.7. The molecule has 166 valence electrons. The van der Waals surface area contributed by atoms with E-state index in [4.69, 9.17) is 13.8 Å². The van der Waals surface area contributed by atoms with E-state index in [9.17, 15) is 19.3 Å². The molecule has 2 N–H and O–H groups in total. The van der Waals surface area contributed by atoms with Gasteiger partial charge < -0.3 is 24.2 Å². The molecule has 0 unspecified atom stereocenters. The van der Waals surface area contributed by atoms with Crippen molar-refractivity contribution < 1.29 is 33.0 Å². The minimum atomic E-state index is -3.66. The molecule has 0 fully saturated rings. The van der Waals surface area contributed by atoms with Gasteiger partial charge in [-0.15, -0.1) is 0 Å². The number of benzene rings is 2. The molecule has 0 spiro atoms. The molecule has 1 atom stereocenters. The van der Waals surface area contributed by atoms with Gasteiger partial charge in [-0.25, -0.2) is 9.59 Å². The molecule has 8 nitrogen and oxygen atoms in total. The molecule has 3 rings (SSSR count). The van der Waals surface area contributed by atoms with Crippen LogP contribution in [0.3, 0.4) is 0 Å². The molecule has 0 saturated carbocycles. The minimum absolute atomic E-state index is 0.0424. The van der Waals surface area contributed by atoms with Gasteiger partial charge in [-0.05, 0) is 36.1 Å². The number of hydrogen-bond acceptors (Lipinski definition) is 6. The van der Waals surface area contributed by atoms with Gasteiger partial charge in [0, 0.05) is 5.92 Å². The quantitative estimate of drug-likeness (QED) is 0.524. The Hall–Kier alpha value is -2.67. The topological polar surface area (TPSA) is 111 Å². The van der Waals surface area contributed by atoms with Crippen LogP contribution in [0.5, 0.6) is 0 Å². The van der Waals surface area contributed by atoms with Crippen LogP contribution >= 0.6 is 7.60 Å². The zero-order valence-corrected chi connectivity index (χ0v) is 18.3. The number of carboxylic acid groups (broad SMARTS) is 1. The molecule has 1 aliphatic rings. The Kier molecular flexibility index (Phi) is 7.49. The number of amides is 1. The lowest BCUT2D eigenvalue weighted by Gasteiger charge is -2.22. The van der Waals surface area contributed by atoms with Crippen molar-refractivity contribution in [2.75, 3.05) is 26.0 Å². The second-order valence-corrected chi connectivity index (χ2v) is 9.09. The van der Waals surface area contributed by atoms with E-state index < -0.39 is 31.9 Å². The predicted molar refractivity (Wildman–Crippen MR) is 115 cm³/mol. The normalized spacial score (nSPS) is 13.9. The third-order valence-corrected chi connectivity index (χ3v) is 7.11. The van der Waals surface area contributed by atoms with Crippen molar-refractivity contribution in [3.63, 3.8) is 0 Å². The van der Waals surface area contributed by atoms with Crippen LogP contribution in [-0.4, -0.2) is 49.2 Å². The Balaban J connectivity index is 1.67. The SMILES string of the molecule is CCOP(=O)(C[C@H](NC(=O)OCC1c2ccccc2-c2ccccc21)C(=O)O)OCC. The van der Waals surface area contributed by atoms with Crippen molar-refractivity contribution in [3.8, 4) is 11.1 Å². The van der Waals surface area contributed by atoms with Gasteiger partial charge in [0.2, 0.25) is 0 Å². The fraction of sp³-hybridized carbons (Fsp3) is 0.364. The molecule has 2 aromatic carbocycles. The van der Waals surface area contributed by atoms with E-state index in [-0.39, 0.29) is 25.7 Å². The van der Waals surface area contributed by atoms with Crippen LogP contribution in [0.4, 0.5) is 4.79 Å². The Morgan fingerprint density at radius 1 is 1.00 bits per heavy atom. The second-order valence-electron chi connectivity index (χ2n) is 6.99. The van der Waals surface area contributed by atoms with E-state index in [1.165, 1.54) is 0 Å². The standard InChI is InChI=1S/C22H26NO7P/c1-3-29-31(27,30-4-2)14-20(21(24)25)23-22(26)28-13-19-17-11-7-5-9-15(17)16-10-6-8-12-18(16)19/h5-12,19-20H,3-4,13-14H2,1-2H3,(H,23,26)(H,24,25)/t20-/m0/s1. The summed E-state index contributed by atoms with van der Waals surface area (Å²) in [7, 11) is -3.66. The Labute approximate surface area is 181 Å². The van der Waals surface area contributed by atoms with Gasteiger partial charge in [0.1, 0.15) is 12.6 Å². The highest BCUT2D eigenvalue weighted by atomic mass is 31.2. The van der Waals surface area contributed by atoms with E-state index in [2.05, 4.69) is 5.32 Å². The molecule has 0 heterocycles. The first-order valence-electron chi connectivity index (χ1n) is 10.1. The van der Waals surface area contributed by atoms with Gasteiger partial charge >= 0.3 is 19.7 Å². The second kappa shape index (κ2) is 10.1. The highest BCUT2D eigenvalue weighted by molar-refractivity contribution is 7.54. The van der Waals surface area contributed by atoms with Crippen LogP contribution in [0.15, 0.2) is 48.5 Å². The summed E-state index contributed by atoms with van der Waals surface area (Å²) in [6.07, 6.45) is -1.40. The van der Waals surface area contributed by atoms with Crippen molar-refractivity contribution in [2.24, 2.45) is 0 Å². The van der Waals surface area contributed by atoms with Crippen LogP contribution in [0, 0.1) is 0 Å². The number of carbonyl (C=O) groups is 2. The first kappa shape index (κ1) is 23.0. The number of carboxylic acids is 1. The van der Waals surface area contributed by atoms with Crippen LogP contribution in [0.1, 0.15) is 30.9 Å². The average Bonchev–Trinajstić information content (AvgIpc) is 3.06. The molecule has 1 aliphatic carbocycles. The molecule has 31 heavy (non-hydrogen) atoms. The summed E-state index contributed by atoms with van der Waals surface area (Å²) in [5.41, 5.74) is 4.27. The lowest BCUT2D eigenvalue weighted by molar-refractivity contribution is -0.138. The maximum atomic E-state index is 12.7. The van der Waals surface area contributed by atoms with Gasteiger partial charge in [0.25, 0.3) is 0 Å². The van der Waals surface area contributed by atoms with Crippen molar-refractivity contribution in [1.29, 1.82) is 0 Å². The fourth-order valence-corrected chi connectivity index (χ4v) is 5.49. The molecule has 0 saturated heterocycles. The summed E-state index contributed by atoms with van der Waals surface area (Å²) in [6.45, 7) is 3.48. The molecule has 0 radical (unpaired) electrons. The molecule has 1 amide bonds. The molecule has 9 heteroatoms. The minimum Gasteiger partial charge on any atom is -0.480 e. The monoisotopic (exact) mass is 447 g/mol. The Morgan fingerprint density at radius 2 is 1.52 bits per heavy atom. The molecule has 0 aromatic heterocycles. The molecular weight excluding hydrogens is 421 g/mol. The van der Waals surface area contributed by atoms with E-state index in [0.29, 0.717) is 0 Å². The Morgan fingerprint density at radius 3 is 2.00 bits per heavy atom. The summed E-state index contributed by atoms with van der Waals surface area (Å²) < 4.78 is 28.3. The van der Waals surface area contributed by atoms with Gasteiger partial charge in [-0.2, -0.15) is 0 Å². The van der Waals surface area contributed by atoms with Gasteiger partial charge in [0.05, 0.1) is 19.4 Å². The fourth-order valence-electron chi connectivity index (χ4n) is 3.73. The van der Waals surface area contributed by atoms with E-state index in [1.54, 1.807) is 13.8 Å². The number of rotatable bonds is 10. The molecule has 0 bridgehead atoms. The summed E-state index contributed by atoms with van der Waals surface area (Å²) >= 11 is 0. The van der Waals surface area contributed by atoms with Crippen LogP contribution in [0.25, 0.3) is 11.1 Å². The third kappa shape index (κ3) is 5.34. The first-order chi connectivity index (χ1) is 14.9. The van der Waals surface area contributed by atoms with Gasteiger partial charge in [-0.3, -0.25) is 4.57 Å². The molecule has 0 aliphatic heterocycles. The van der Waals surface area contributed by atoms with Crippen molar-refractivity contribution in [2.45, 2.75) is 25.8 Å². The van der Waals surface area contributed by atoms with Gasteiger partial charge in [0.15, 0.2) is 0 Å². The van der Waals surface area contributed by atoms with Crippen LogP contribution < -0.4 is 5.32 Å². The highest BCUT2D eigenvalue weighted by Crippen LogP contribution is 2.48. The molecule has 2 aromatic rings. The number of carbonyl (C=O) groups excluding carboxylic acids is 1. The largest absolute Gasteiger partial charge is 0.480 e. The maximum absolute atomic E-state index is 12.7. The predicted octanol–water partition coefficient (Wildman–Crippen LogP) is 4.24. The van der Waals surface area contributed by atoms with Gasteiger partial charge in [-0.1, -0.05) is 48.5 Å². The number of alkyl carbamates (subject to hydrolysis) is 1. The van der Waals surface area contributed by atoms with E-state index in [0.717, 1.165) is 22.3 Å². The van der Waals surface area contributed by atoms with Crippen LogP contribution in [-0.2, 0) is 23.1 Å². The van der Waals surface area contributed by atoms with E-state index >= 15 is 0 Å². The number of aliphatic carboxylic acids is 1. The average molecular weight is 447 g/mol. The van der Waals surface area contributed by atoms with Crippen molar-refractivity contribution in [1.82, 2.24) is 5.32 Å². The smallest absolute Gasteiger partial charge is 0.407 e. The maximum Gasteiger partial charge on any atom is 0.407 e.